The maximum atomic E-state index is 10.8. The number of thiazole rings is 2. The number of phenols is 2. The van der Waals surface area contributed by atoms with Crippen LogP contribution >= 0.6 is 22.7 Å². The fraction of sp³-hybridized carbons (Fsp3) is 0.158. The summed E-state index contributed by atoms with van der Waals surface area (Å²) in [5.74, 6) is 0.222. The number of aryl methyl sites for hydroxylation is 4. The van der Waals surface area contributed by atoms with Crippen LogP contribution in [0.15, 0.2) is 211 Å². The van der Waals surface area contributed by atoms with Gasteiger partial charge in [-0.1, -0.05) is 197 Å². The van der Waals surface area contributed by atoms with Crippen molar-refractivity contribution in [3.05, 3.63) is 251 Å². The first kappa shape index (κ1) is 58.9. The molecular formula is C76H70N4O3S2. The average molecular weight is 1150 g/mol. The molecule has 85 heavy (non-hydrogen) atoms. The van der Waals surface area contributed by atoms with E-state index < -0.39 is 0 Å². The van der Waals surface area contributed by atoms with Gasteiger partial charge in [0.25, 0.3) is 0 Å². The number of carbonyl (C=O) groups is 1. The number of carbonyl (C=O) groups excluding carboxylic acids is 1. The maximum absolute atomic E-state index is 10.8. The Morgan fingerprint density at radius 1 is 0.424 bits per heavy atom. The standard InChI is InChI=1S/C38H34N2OS.C23H22N2S.C15H14O2/c1-24-17-25(2)19-28(18-24)27-15-16-34(41)29(20-27)23-39-33-14-10-9-13-31(33)37-40-36-32(26-11-7-6-8-12-26)21-30(38(3,4)5)22-35(36)42-37;1-23(2,3)16-13-18(15-9-5-4-6-10-15)21-20(14-16)26-22(25-21)17-11-7-8-12-19(17)24;1-10-5-11(2)7-13(6-10)12-3-4-15(17)14(8-12)9-16/h6-23,41H,1-5H3;4-14H,24H2,1-3H3;3-9,17H,1-2H3. The summed E-state index contributed by atoms with van der Waals surface area (Å²) in [6.07, 6.45) is 2.42. The molecule has 0 fully saturated rings. The number of aldehydes is 1. The van der Waals surface area contributed by atoms with Crippen LogP contribution in [0.3, 0.4) is 0 Å². The maximum Gasteiger partial charge on any atom is 0.153 e. The van der Waals surface area contributed by atoms with Crippen molar-refractivity contribution in [2.24, 2.45) is 4.99 Å². The molecule has 0 amide bonds. The van der Waals surface area contributed by atoms with Crippen molar-refractivity contribution in [1.29, 1.82) is 0 Å². The molecule has 4 N–H and O–H groups in total. The Balaban J connectivity index is 0.000000158. The van der Waals surface area contributed by atoms with Gasteiger partial charge in [0.05, 0.1) is 31.7 Å². The van der Waals surface area contributed by atoms with Gasteiger partial charge in [-0.2, -0.15) is 0 Å². The topological polar surface area (TPSA) is 122 Å². The zero-order valence-corrected chi connectivity index (χ0v) is 51.5. The summed E-state index contributed by atoms with van der Waals surface area (Å²) in [4.78, 5) is 25.8. The fourth-order valence-corrected chi connectivity index (χ4v) is 12.5. The molecular weight excluding hydrogens is 1080 g/mol. The number of hydrogen-bond donors (Lipinski definition) is 3. The summed E-state index contributed by atoms with van der Waals surface area (Å²) < 4.78 is 2.36. The van der Waals surface area contributed by atoms with Gasteiger partial charge in [0.15, 0.2) is 6.29 Å². The second-order valence-electron chi connectivity index (χ2n) is 23.8. The normalized spacial score (nSPS) is 11.6. The molecule has 424 valence electrons. The first-order valence-corrected chi connectivity index (χ1v) is 30.1. The molecule has 0 atom stereocenters. The molecule has 0 radical (unpaired) electrons. The van der Waals surface area contributed by atoms with Crippen LogP contribution in [0.2, 0.25) is 0 Å². The first-order valence-electron chi connectivity index (χ1n) is 28.5. The van der Waals surface area contributed by atoms with E-state index in [9.17, 15) is 15.0 Å². The van der Waals surface area contributed by atoms with Crippen molar-refractivity contribution in [3.63, 3.8) is 0 Å². The lowest BCUT2D eigenvalue weighted by molar-refractivity contribution is 0.112. The Kier molecular flexibility index (Phi) is 17.2. The summed E-state index contributed by atoms with van der Waals surface area (Å²) in [6, 6.07) is 69.6. The van der Waals surface area contributed by atoms with Gasteiger partial charge in [0, 0.05) is 39.7 Å². The Bertz CT molecular complexity index is 4390. The van der Waals surface area contributed by atoms with E-state index in [2.05, 4.69) is 171 Å². The Labute approximate surface area is 507 Å². The van der Waals surface area contributed by atoms with Crippen LogP contribution in [-0.2, 0) is 10.8 Å². The lowest BCUT2D eigenvalue weighted by atomic mass is 9.85. The lowest BCUT2D eigenvalue weighted by Gasteiger charge is -2.20. The molecule has 2 aromatic heterocycles. The quantitative estimate of drug-likeness (QED) is 0.0752. The number of aromatic nitrogens is 2. The number of nitrogens with zero attached hydrogens (tertiary/aromatic N) is 3. The summed E-state index contributed by atoms with van der Waals surface area (Å²) >= 11 is 3.41. The molecule has 9 heteroatoms. The molecule has 0 saturated heterocycles. The van der Waals surface area contributed by atoms with Crippen LogP contribution in [0.25, 0.3) is 86.1 Å². The van der Waals surface area contributed by atoms with Gasteiger partial charge in [-0.15, -0.1) is 22.7 Å². The minimum Gasteiger partial charge on any atom is -0.507 e. The third-order valence-electron chi connectivity index (χ3n) is 14.9. The van der Waals surface area contributed by atoms with Crippen molar-refractivity contribution < 1.29 is 15.0 Å². The number of nitrogens with two attached hydrogens (primary N) is 1. The van der Waals surface area contributed by atoms with Gasteiger partial charge in [-0.05, 0) is 156 Å². The average Bonchev–Trinajstić information content (AvgIpc) is 3.89. The molecule has 0 bridgehead atoms. The molecule has 0 spiro atoms. The predicted molar refractivity (Wildman–Crippen MR) is 361 cm³/mol. The minimum atomic E-state index is 0.0117. The van der Waals surface area contributed by atoms with Crippen LogP contribution < -0.4 is 5.73 Å². The number of benzene rings is 10. The highest BCUT2D eigenvalue weighted by molar-refractivity contribution is 7.22. The highest BCUT2D eigenvalue weighted by atomic mass is 32.1. The fourth-order valence-electron chi connectivity index (χ4n) is 10.4. The van der Waals surface area contributed by atoms with E-state index in [1.165, 1.54) is 49.2 Å². The van der Waals surface area contributed by atoms with Crippen molar-refractivity contribution in [2.45, 2.75) is 80.1 Å². The number of phenolic OH excluding ortho intramolecular Hbond substituents is 2. The highest BCUT2D eigenvalue weighted by Gasteiger charge is 2.22. The van der Waals surface area contributed by atoms with Crippen molar-refractivity contribution >= 4 is 67.0 Å². The summed E-state index contributed by atoms with van der Waals surface area (Å²) in [5.41, 5.74) is 29.1. The van der Waals surface area contributed by atoms with Gasteiger partial charge < -0.3 is 15.9 Å². The molecule has 10 aromatic carbocycles. The zero-order chi connectivity index (χ0) is 60.2. The number of aliphatic imine (C=N–C) groups is 1. The smallest absolute Gasteiger partial charge is 0.153 e. The molecule has 0 saturated carbocycles. The van der Waals surface area contributed by atoms with Crippen molar-refractivity contribution in [2.75, 3.05) is 5.73 Å². The highest BCUT2D eigenvalue weighted by Crippen LogP contribution is 2.43. The van der Waals surface area contributed by atoms with E-state index in [1.54, 1.807) is 47.1 Å². The van der Waals surface area contributed by atoms with Gasteiger partial charge >= 0.3 is 0 Å². The van der Waals surface area contributed by atoms with E-state index in [-0.39, 0.29) is 22.3 Å². The number of rotatable bonds is 9. The molecule has 0 unspecified atom stereocenters. The van der Waals surface area contributed by atoms with Crippen LogP contribution in [0.1, 0.15) is 90.8 Å². The number of aromatic hydroxyl groups is 2. The molecule has 0 aliphatic rings. The van der Waals surface area contributed by atoms with E-state index in [1.807, 2.05) is 86.6 Å². The minimum absolute atomic E-state index is 0.0117. The van der Waals surface area contributed by atoms with Gasteiger partial charge in [0.1, 0.15) is 21.5 Å². The van der Waals surface area contributed by atoms with E-state index in [0.717, 1.165) is 81.6 Å². The first-order chi connectivity index (χ1) is 40.7. The largest absolute Gasteiger partial charge is 0.507 e. The van der Waals surface area contributed by atoms with Crippen LogP contribution in [0.5, 0.6) is 11.5 Å². The second kappa shape index (κ2) is 24.9. The summed E-state index contributed by atoms with van der Waals surface area (Å²) in [5, 5.41) is 22.0. The number of anilines is 1. The van der Waals surface area contributed by atoms with Gasteiger partial charge in [0.2, 0.25) is 0 Å². The van der Waals surface area contributed by atoms with Crippen LogP contribution in [-0.4, -0.2) is 32.7 Å². The molecule has 7 nitrogen and oxygen atoms in total. The predicted octanol–water partition coefficient (Wildman–Crippen LogP) is 20.7. The lowest BCUT2D eigenvalue weighted by Crippen LogP contribution is -2.11. The summed E-state index contributed by atoms with van der Waals surface area (Å²) in [7, 11) is 0. The van der Waals surface area contributed by atoms with Crippen molar-refractivity contribution in [3.8, 4) is 77.1 Å². The monoisotopic (exact) mass is 1150 g/mol. The van der Waals surface area contributed by atoms with Crippen molar-refractivity contribution in [1.82, 2.24) is 9.97 Å². The Morgan fingerprint density at radius 3 is 1.29 bits per heavy atom. The number of nitrogen functional groups attached to an aromatic ring is 1. The van der Waals surface area contributed by atoms with Gasteiger partial charge in [-0.3, -0.25) is 9.79 Å². The third-order valence-corrected chi connectivity index (χ3v) is 16.9. The van der Waals surface area contributed by atoms with Crippen LogP contribution in [0.4, 0.5) is 11.4 Å². The molecule has 0 aliphatic carbocycles. The van der Waals surface area contributed by atoms with Gasteiger partial charge in [-0.25, -0.2) is 9.97 Å². The van der Waals surface area contributed by atoms with E-state index in [0.29, 0.717) is 17.4 Å². The molecule has 2 heterocycles. The Hall–Kier alpha value is -9.28. The molecule has 12 aromatic rings. The molecule has 0 aliphatic heterocycles. The Morgan fingerprint density at radius 2 is 0.835 bits per heavy atom. The SMILES string of the molecule is CC(C)(C)c1cc(-c2ccccc2)c2nc(-c3ccccc3N)sc2c1.Cc1cc(C)cc(-c2ccc(O)c(C=Nc3ccccc3-c3nc4c(-c5ccccc5)cc(C(C)(C)C)cc4s3)c2)c1.Cc1cc(C)cc(-c2ccc(O)c(C=O)c2)c1. The number of hydrogen-bond acceptors (Lipinski definition) is 9. The van der Waals surface area contributed by atoms with E-state index >= 15 is 0 Å². The number of fused-ring (bicyclic) bond motifs is 2. The van der Waals surface area contributed by atoms with Crippen LogP contribution in [0, 0.1) is 27.7 Å². The third kappa shape index (κ3) is 13.7. The zero-order valence-electron chi connectivity index (χ0n) is 49.8. The second-order valence-corrected chi connectivity index (χ2v) is 25.9. The molecule has 12 rings (SSSR count). The number of para-hydroxylation sites is 2. The summed E-state index contributed by atoms with van der Waals surface area (Å²) in [6.45, 7) is 21.8. The van der Waals surface area contributed by atoms with E-state index in [4.69, 9.17) is 20.7 Å².